The van der Waals surface area contributed by atoms with Crippen LogP contribution in [0.15, 0.2) is 0 Å². The van der Waals surface area contributed by atoms with Gasteiger partial charge in [0.05, 0.1) is 18.8 Å². The van der Waals surface area contributed by atoms with Crippen molar-refractivity contribution < 1.29 is 9.84 Å². The summed E-state index contributed by atoms with van der Waals surface area (Å²) in [5.41, 5.74) is 0.684. The normalized spacial score (nSPS) is 39.0. The van der Waals surface area contributed by atoms with Crippen molar-refractivity contribution in [2.45, 2.75) is 59.2 Å². The lowest BCUT2D eigenvalue weighted by atomic mass is 9.70. The monoisotopic (exact) mass is 324 g/mol. The SMILES string of the molecule is CCN1CCN(C[C@H](O)CO[C@@H]2C[C@@H]3CC[C@]2(C)C3(C)C)CC1. The summed E-state index contributed by atoms with van der Waals surface area (Å²) in [7, 11) is 0. The van der Waals surface area contributed by atoms with Crippen molar-refractivity contribution in [1.29, 1.82) is 0 Å². The molecule has 2 aliphatic carbocycles. The second kappa shape index (κ2) is 6.62. The van der Waals surface area contributed by atoms with E-state index >= 15 is 0 Å². The number of aliphatic hydroxyl groups is 1. The van der Waals surface area contributed by atoms with E-state index in [9.17, 15) is 5.11 Å². The first-order valence-corrected chi connectivity index (χ1v) is 9.61. The van der Waals surface area contributed by atoms with E-state index in [0.29, 0.717) is 23.5 Å². The van der Waals surface area contributed by atoms with Crippen LogP contribution >= 0.6 is 0 Å². The summed E-state index contributed by atoms with van der Waals surface area (Å²) in [5, 5.41) is 10.4. The van der Waals surface area contributed by atoms with Crippen LogP contribution in [0.3, 0.4) is 0 Å². The number of likely N-dealkylation sites (N-methyl/N-ethyl adjacent to an activating group) is 1. The van der Waals surface area contributed by atoms with Gasteiger partial charge in [0.25, 0.3) is 0 Å². The molecule has 23 heavy (non-hydrogen) atoms. The highest BCUT2D eigenvalue weighted by molar-refractivity contribution is 5.11. The predicted molar refractivity (Wildman–Crippen MR) is 93.5 cm³/mol. The van der Waals surface area contributed by atoms with Crippen molar-refractivity contribution in [3.8, 4) is 0 Å². The predicted octanol–water partition coefficient (Wildman–Crippen LogP) is 2.22. The third kappa shape index (κ3) is 3.20. The maximum absolute atomic E-state index is 10.4. The molecule has 3 aliphatic rings. The van der Waals surface area contributed by atoms with Gasteiger partial charge in [0, 0.05) is 32.7 Å². The Balaban J connectivity index is 1.43. The number of hydrogen-bond donors (Lipinski definition) is 1. The van der Waals surface area contributed by atoms with Gasteiger partial charge in [0.15, 0.2) is 0 Å². The lowest BCUT2D eigenvalue weighted by Crippen LogP contribution is -2.49. The van der Waals surface area contributed by atoms with E-state index in [1.807, 2.05) is 0 Å². The Morgan fingerprint density at radius 2 is 1.78 bits per heavy atom. The molecule has 4 atom stereocenters. The van der Waals surface area contributed by atoms with Gasteiger partial charge < -0.3 is 14.7 Å². The fourth-order valence-corrected chi connectivity index (χ4v) is 5.25. The van der Waals surface area contributed by atoms with Gasteiger partial charge in [0.2, 0.25) is 0 Å². The molecule has 4 heteroatoms. The molecule has 0 aromatic carbocycles. The quantitative estimate of drug-likeness (QED) is 0.813. The van der Waals surface area contributed by atoms with Gasteiger partial charge in [-0.3, -0.25) is 4.90 Å². The number of ether oxygens (including phenoxy) is 1. The summed E-state index contributed by atoms with van der Waals surface area (Å²) in [4.78, 5) is 4.85. The van der Waals surface area contributed by atoms with Crippen molar-refractivity contribution >= 4 is 0 Å². The highest BCUT2D eigenvalue weighted by Gasteiger charge is 2.61. The van der Waals surface area contributed by atoms with Crippen molar-refractivity contribution in [2.75, 3.05) is 45.9 Å². The Morgan fingerprint density at radius 3 is 2.30 bits per heavy atom. The molecule has 4 nitrogen and oxygen atoms in total. The maximum atomic E-state index is 10.4. The minimum atomic E-state index is -0.353. The number of fused-ring (bicyclic) bond motifs is 2. The van der Waals surface area contributed by atoms with Crippen LogP contribution in [0.2, 0.25) is 0 Å². The number of piperazine rings is 1. The van der Waals surface area contributed by atoms with E-state index in [1.54, 1.807) is 0 Å². The number of aliphatic hydroxyl groups excluding tert-OH is 1. The van der Waals surface area contributed by atoms with Gasteiger partial charge in [-0.1, -0.05) is 27.7 Å². The lowest BCUT2D eigenvalue weighted by Gasteiger charge is -2.39. The Labute approximate surface area is 142 Å². The molecule has 0 aromatic rings. The van der Waals surface area contributed by atoms with Crippen LogP contribution in [-0.4, -0.2) is 73.0 Å². The molecule has 0 unspecified atom stereocenters. The third-order valence-electron chi connectivity index (χ3n) is 7.58. The minimum absolute atomic E-state index is 0.296. The maximum Gasteiger partial charge on any atom is 0.0900 e. The van der Waals surface area contributed by atoms with Gasteiger partial charge in [0.1, 0.15) is 0 Å². The minimum Gasteiger partial charge on any atom is -0.389 e. The Kier molecular flexibility index (Phi) is 5.09. The van der Waals surface area contributed by atoms with Crippen LogP contribution in [0.25, 0.3) is 0 Å². The first kappa shape index (κ1) is 17.7. The van der Waals surface area contributed by atoms with E-state index in [4.69, 9.17) is 4.74 Å². The number of nitrogens with zero attached hydrogens (tertiary/aromatic N) is 2. The number of rotatable bonds is 6. The van der Waals surface area contributed by atoms with Gasteiger partial charge in [-0.05, 0) is 42.6 Å². The third-order valence-corrected chi connectivity index (χ3v) is 7.58. The highest BCUT2D eigenvalue weighted by Crippen LogP contribution is 2.66. The summed E-state index contributed by atoms with van der Waals surface area (Å²) < 4.78 is 6.23. The van der Waals surface area contributed by atoms with E-state index in [2.05, 4.69) is 37.5 Å². The molecule has 1 heterocycles. The zero-order valence-corrected chi connectivity index (χ0v) is 15.6. The fourth-order valence-electron chi connectivity index (χ4n) is 5.25. The number of β-amino-alcohol motifs (C(OH)–C–C–N with tert-alkyl or cyclic N) is 1. The smallest absolute Gasteiger partial charge is 0.0900 e. The molecule has 1 aliphatic heterocycles. The molecule has 1 N–H and O–H groups in total. The van der Waals surface area contributed by atoms with Crippen molar-refractivity contribution in [3.05, 3.63) is 0 Å². The second-order valence-corrected chi connectivity index (χ2v) is 8.82. The molecule has 0 amide bonds. The first-order chi connectivity index (χ1) is 10.9. The zero-order valence-electron chi connectivity index (χ0n) is 15.6. The van der Waals surface area contributed by atoms with E-state index in [-0.39, 0.29) is 6.10 Å². The van der Waals surface area contributed by atoms with Gasteiger partial charge in [-0.2, -0.15) is 0 Å². The molecule has 2 saturated carbocycles. The largest absolute Gasteiger partial charge is 0.389 e. The molecule has 0 spiro atoms. The fraction of sp³-hybridized carbons (Fsp3) is 1.00. The molecular formula is C19H36N2O2. The van der Waals surface area contributed by atoms with Crippen LogP contribution in [0.1, 0.15) is 47.0 Å². The molecule has 1 saturated heterocycles. The summed E-state index contributed by atoms with van der Waals surface area (Å²) >= 11 is 0. The molecule has 2 bridgehead atoms. The van der Waals surface area contributed by atoms with Gasteiger partial charge in [-0.15, -0.1) is 0 Å². The molecule has 0 radical (unpaired) electrons. The Bertz CT molecular complexity index is 406. The average molecular weight is 325 g/mol. The van der Waals surface area contributed by atoms with E-state index in [1.165, 1.54) is 19.3 Å². The molecule has 3 fully saturated rings. The van der Waals surface area contributed by atoms with Crippen LogP contribution in [-0.2, 0) is 4.74 Å². The second-order valence-electron chi connectivity index (χ2n) is 8.82. The van der Waals surface area contributed by atoms with Crippen LogP contribution in [0, 0.1) is 16.7 Å². The summed E-state index contributed by atoms with van der Waals surface area (Å²) in [6.07, 6.45) is 3.81. The molecule has 0 aromatic heterocycles. The molecule has 3 rings (SSSR count). The average Bonchev–Trinajstić information content (AvgIpc) is 2.86. The van der Waals surface area contributed by atoms with Crippen molar-refractivity contribution in [2.24, 2.45) is 16.7 Å². The summed E-state index contributed by atoms with van der Waals surface area (Å²) in [6.45, 7) is 16.2. The van der Waals surface area contributed by atoms with Gasteiger partial charge in [-0.25, -0.2) is 0 Å². The van der Waals surface area contributed by atoms with Crippen LogP contribution in [0.5, 0.6) is 0 Å². The molecule has 134 valence electrons. The Morgan fingerprint density at radius 1 is 1.13 bits per heavy atom. The first-order valence-electron chi connectivity index (χ1n) is 9.61. The van der Waals surface area contributed by atoms with Crippen LogP contribution < -0.4 is 0 Å². The summed E-state index contributed by atoms with van der Waals surface area (Å²) in [5.74, 6) is 0.803. The summed E-state index contributed by atoms with van der Waals surface area (Å²) in [6, 6.07) is 0. The van der Waals surface area contributed by atoms with Gasteiger partial charge >= 0.3 is 0 Å². The topological polar surface area (TPSA) is 35.9 Å². The van der Waals surface area contributed by atoms with Crippen molar-refractivity contribution in [1.82, 2.24) is 9.80 Å². The number of hydrogen-bond acceptors (Lipinski definition) is 4. The zero-order chi connectivity index (χ0) is 16.7. The standard InChI is InChI=1S/C19H36N2O2/c1-5-20-8-10-21(11-9-20)13-16(22)14-23-17-12-15-6-7-19(17,4)18(15,2)3/h15-17,22H,5-14H2,1-4H3/t15-,16-,17+,19-/m0/s1. The van der Waals surface area contributed by atoms with Crippen molar-refractivity contribution in [3.63, 3.8) is 0 Å². The van der Waals surface area contributed by atoms with E-state index in [0.717, 1.165) is 45.2 Å². The Hall–Kier alpha value is -0.160. The molecular weight excluding hydrogens is 288 g/mol. The lowest BCUT2D eigenvalue weighted by molar-refractivity contribution is -0.0806. The highest BCUT2D eigenvalue weighted by atomic mass is 16.5. The van der Waals surface area contributed by atoms with E-state index < -0.39 is 0 Å². The van der Waals surface area contributed by atoms with Crippen LogP contribution in [0.4, 0.5) is 0 Å².